The van der Waals surface area contributed by atoms with Crippen molar-refractivity contribution in [2.24, 2.45) is 0 Å². The normalized spacial score (nSPS) is 15.0. The summed E-state index contributed by atoms with van der Waals surface area (Å²) in [7, 11) is 0. The fourth-order valence-electron chi connectivity index (χ4n) is 0. The highest BCUT2D eigenvalue weighted by atomic mass is 32.2. The molecule has 1 unspecified atom stereocenters. The minimum absolute atomic E-state index is 0.449. The van der Waals surface area contributed by atoms with Gasteiger partial charge in [0.1, 0.15) is 0 Å². The number of rotatable bonds is 1. The van der Waals surface area contributed by atoms with E-state index >= 15 is 0 Å². The number of thioether (sulfide) groups is 1. The van der Waals surface area contributed by atoms with Gasteiger partial charge in [-0.2, -0.15) is 0 Å². The van der Waals surface area contributed by atoms with Gasteiger partial charge in [-0.15, -0.1) is 11.8 Å². The molecule has 0 heterocycles. The maximum absolute atomic E-state index is 8.21. The molecule has 1 N–H and O–H groups in total. The topological polar surface area (TPSA) is 20.2 Å². The van der Waals surface area contributed by atoms with Crippen molar-refractivity contribution in [2.75, 3.05) is 6.26 Å². The Morgan fingerprint density at radius 3 is 2.20 bits per heavy atom. The smallest absolute Gasteiger partial charge is 0.0991 e. The maximum atomic E-state index is 8.21. The molecule has 0 aromatic rings. The zero-order chi connectivity index (χ0) is 4.28. The molecular formula is C3H7OS. The van der Waals surface area contributed by atoms with E-state index in [0.717, 1.165) is 0 Å². The Bertz CT molecular complexity index is 20.9. The van der Waals surface area contributed by atoms with Crippen molar-refractivity contribution in [3.8, 4) is 0 Å². The van der Waals surface area contributed by atoms with Gasteiger partial charge in [0.25, 0.3) is 0 Å². The maximum Gasteiger partial charge on any atom is 0.0991 e. The van der Waals surface area contributed by atoms with Gasteiger partial charge in [0.2, 0.25) is 0 Å². The third-order valence-electron chi connectivity index (χ3n) is 0.272. The minimum atomic E-state index is -0.449. The third kappa shape index (κ3) is 4.31. The molecule has 1 nitrogen and oxygen atoms in total. The van der Waals surface area contributed by atoms with Gasteiger partial charge in [-0.1, -0.05) is 0 Å². The van der Waals surface area contributed by atoms with Gasteiger partial charge < -0.3 is 5.11 Å². The summed E-state index contributed by atoms with van der Waals surface area (Å²) in [5.41, 5.74) is -0.449. The van der Waals surface area contributed by atoms with Crippen LogP contribution < -0.4 is 0 Å². The molecule has 0 aliphatic heterocycles. The Balaban J connectivity index is 2.54. The summed E-state index contributed by atoms with van der Waals surface area (Å²) in [6, 6.07) is 0. The number of aliphatic hydroxyl groups is 1. The van der Waals surface area contributed by atoms with Gasteiger partial charge in [-0.25, -0.2) is 0 Å². The van der Waals surface area contributed by atoms with E-state index in [1.807, 2.05) is 0 Å². The van der Waals surface area contributed by atoms with Crippen LogP contribution in [-0.2, 0) is 0 Å². The highest BCUT2D eigenvalue weighted by Crippen LogP contribution is 1.96. The van der Waals surface area contributed by atoms with Crippen LogP contribution in [0.25, 0.3) is 0 Å². The molecule has 0 saturated heterocycles. The summed E-state index contributed by atoms with van der Waals surface area (Å²) in [4.78, 5) is 0. The Labute approximate surface area is 36.4 Å². The lowest BCUT2D eigenvalue weighted by Crippen LogP contribution is -1.87. The lowest BCUT2D eigenvalue weighted by Gasteiger charge is -1.90. The predicted octanol–water partition coefficient (Wildman–Crippen LogP) is 0.502. The summed E-state index contributed by atoms with van der Waals surface area (Å²) in [6.45, 7) is 3.28. The van der Waals surface area contributed by atoms with Crippen LogP contribution in [0.2, 0.25) is 0 Å². The van der Waals surface area contributed by atoms with Gasteiger partial charge in [0.15, 0.2) is 0 Å². The second-order valence-corrected chi connectivity index (χ2v) is 1.71. The zero-order valence-electron chi connectivity index (χ0n) is 3.14. The van der Waals surface area contributed by atoms with E-state index in [9.17, 15) is 0 Å². The molecule has 1 atom stereocenters. The molecule has 1 radical (unpaired) electrons. The largest absolute Gasteiger partial charge is 0.382 e. The van der Waals surface area contributed by atoms with E-state index in [4.69, 9.17) is 5.11 Å². The van der Waals surface area contributed by atoms with E-state index in [-0.39, 0.29) is 0 Å². The molecular weight excluding hydrogens is 84.1 g/mol. The van der Waals surface area contributed by atoms with Gasteiger partial charge in [-0.05, 0) is 13.2 Å². The zero-order valence-corrected chi connectivity index (χ0v) is 3.96. The first-order valence-electron chi connectivity index (χ1n) is 1.31. The first-order valence-corrected chi connectivity index (χ1v) is 2.60. The molecule has 0 saturated carbocycles. The average Bonchev–Trinajstić information content (AvgIpc) is 1.38. The molecule has 0 aromatic heterocycles. The molecule has 0 spiro atoms. The number of hydrogen-bond donors (Lipinski definition) is 1. The highest BCUT2D eigenvalue weighted by molar-refractivity contribution is 7.99. The van der Waals surface area contributed by atoms with Gasteiger partial charge in [-0.3, -0.25) is 0 Å². The van der Waals surface area contributed by atoms with Gasteiger partial charge in [0.05, 0.1) is 5.44 Å². The van der Waals surface area contributed by atoms with Crippen LogP contribution in [0.15, 0.2) is 0 Å². The van der Waals surface area contributed by atoms with Crippen molar-refractivity contribution in [3.05, 3.63) is 6.92 Å². The Morgan fingerprint density at radius 1 is 2.00 bits per heavy atom. The van der Waals surface area contributed by atoms with Gasteiger partial charge >= 0.3 is 0 Å². The summed E-state index contributed by atoms with van der Waals surface area (Å²) in [5, 5.41) is 8.21. The van der Waals surface area contributed by atoms with E-state index in [1.54, 1.807) is 6.26 Å². The van der Waals surface area contributed by atoms with Crippen LogP contribution in [0, 0.1) is 6.92 Å². The number of hydrogen-bond acceptors (Lipinski definition) is 2. The summed E-state index contributed by atoms with van der Waals surface area (Å²) in [5.74, 6) is 0. The molecule has 2 heteroatoms. The Kier molecular flexibility index (Phi) is 2.70. The van der Waals surface area contributed by atoms with E-state index in [2.05, 4.69) is 6.92 Å². The molecule has 0 aliphatic rings. The van der Waals surface area contributed by atoms with Crippen molar-refractivity contribution in [1.29, 1.82) is 0 Å². The summed E-state index contributed by atoms with van der Waals surface area (Å²) in [6.07, 6.45) is 1.80. The SMILES string of the molecule is [CH2]C(O)SC. The molecule has 31 valence electrons. The molecule has 0 aliphatic carbocycles. The van der Waals surface area contributed by atoms with Crippen molar-refractivity contribution >= 4 is 11.8 Å². The van der Waals surface area contributed by atoms with Crippen LogP contribution in [0.3, 0.4) is 0 Å². The summed E-state index contributed by atoms with van der Waals surface area (Å²) < 4.78 is 0. The van der Waals surface area contributed by atoms with Crippen molar-refractivity contribution in [2.45, 2.75) is 5.44 Å². The fraction of sp³-hybridized carbons (Fsp3) is 0.667. The van der Waals surface area contributed by atoms with Crippen LogP contribution in [-0.4, -0.2) is 16.8 Å². The van der Waals surface area contributed by atoms with Crippen LogP contribution in [0.1, 0.15) is 0 Å². The molecule has 0 bridgehead atoms. The van der Waals surface area contributed by atoms with Crippen molar-refractivity contribution < 1.29 is 5.11 Å². The van der Waals surface area contributed by atoms with Crippen molar-refractivity contribution in [3.63, 3.8) is 0 Å². The third-order valence-corrected chi connectivity index (χ3v) is 0.816. The number of aliphatic hydroxyl groups excluding tert-OH is 1. The second kappa shape index (κ2) is 2.54. The highest BCUT2D eigenvalue weighted by Gasteiger charge is 1.82. The molecule has 0 aromatic carbocycles. The fourth-order valence-corrected chi connectivity index (χ4v) is 0. The molecule has 0 rings (SSSR count). The molecule has 5 heavy (non-hydrogen) atoms. The second-order valence-electron chi connectivity index (χ2n) is 0.690. The van der Waals surface area contributed by atoms with Crippen LogP contribution in [0.5, 0.6) is 0 Å². The van der Waals surface area contributed by atoms with Crippen LogP contribution in [0.4, 0.5) is 0 Å². The Hall–Kier alpha value is 0.310. The monoisotopic (exact) mass is 91.0 g/mol. The van der Waals surface area contributed by atoms with E-state index in [0.29, 0.717) is 0 Å². The summed E-state index contributed by atoms with van der Waals surface area (Å²) >= 11 is 1.32. The van der Waals surface area contributed by atoms with Crippen LogP contribution >= 0.6 is 11.8 Å². The first kappa shape index (κ1) is 5.31. The first-order chi connectivity index (χ1) is 2.27. The van der Waals surface area contributed by atoms with Crippen molar-refractivity contribution in [1.82, 2.24) is 0 Å². The Morgan fingerprint density at radius 2 is 2.20 bits per heavy atom. The lowest BCUT2D eigenvalue weighted by molar-refractivity contribution is 0.308. The standard InChI is InChI=1S/C3H7OS/c1-3(4)5-2/h3-4H,1H2,2H3. The molecule has 0 fully saturated rings. The van der Waals surface area contributed by atoms with E-state index < -0.39 is 5.44 Å². The predicted molar refractivity (Wildman–Crippen MR) is 24.9 cm³/mol. The van der Waals surface area contributed by atoms with Gasteiger partial charge in [0, 0.05) is 0 Å². The van der Waals surface area contributed by atoms with E-state index in [1.165, 1.54) is 11.8 Å². The minimum Gasteiger partial charge on any atom is -0.382 e. The average molecular weight is 91.2 g/mol. The lowest BCUT2D eigenvalue weighted by atomic mass is 10.9. The molecule has 0 amide bonds. The quantitative estimate of drug-likeness (QED) is 0.474.